The minimum Gasteiger partial charge on any atom is -0.342 e. The van der Waals surface area contributed by atoms with Gasteiger partial charge in [0.05, 0.1) is 0 Å². The van der Waals surface area contributed by atoms with Crippen LogP contribution in [0.4, 0.5) is 13.2 Å². The van der Waals surface area contributed by atoms with Gasteiger partial charge in [-0.25, -0.2) is 13.2 Å². The Morgan fingerprint density at radius 1 is 1.12 bits per heavy atom. The van der Waals surface area contributed by atoms with Gasteiger partial charge in [-0.15, -0.1) is 0 Å². The molecule has 1 aromatic rings. The maximum Gasteiger partial charge on any atom is 0.259 e. The van der Waals surface area contributed by atoms with Gasteiger partial charge in [0, 0.05) is 32.6 Å². The van der Waals surface area contributed by atoms with Gasteiger partial charge in [0.25, 0.3) is 5.91 Å². The number of piperidine rings is 2. The highest BCUT2D eigenvalue weighted by Gasteiger charge is 2.41. The van der Waals surface area contributed by atoms with E-state index in [1.807, 2.05) is 11.8 Å². The van der Waals surface area contributed by atoms with E-state index in [9.17, 15) is 22.8 Å². The molecule has 2 amide bonds. The molecule has 2 fully saturated rings. The first kappa shape index (κ1) is 17.8. The summed E-state index contributed by atoms with van der Waals surface area (Å²) in [5, 5.41) is 0. The van der Waals surface area contributed by atoms with Crippen LogP contribution in [-0.2, 0) is 4.79 Å². The quantitative estimate of drug-likeness (QED) is 0.766. The predicted molar refractivity (Wildman–Crippen MR) is 85.4 cm³/mol. The molecule has 3 rings (SSSR count). The molecule has 0 unspecified atom stereocenters. The van der Waals surface area contributed by atoms with Crippen molar-refractivity contribution in [3.05, 3.63) is 35.1 Å². The van der Waals surface area contributed by atoms with Crippen molar-refractivity contribution in [3.63, 3.8) is 0 Å². The highest BCUT2D eigenvalue weighted by Crippen LogP contribution is 2.40. The maximum atomic E-state index is 13.8. The van der Waals surface area contributed by atoms with Crippen LogP contribution in [-0.4, -0.2) is 47.8 Å². The molecule has 0 atom stereocenters. The maximum absolute atomic E-state index is 13.8. The van der Waals surface area contributed by atoms with Crippen LogP contribution in [0.3, 0.4) is 0 Å². The Labute approximate surface area is 144 Å². The Morgan fingerprint density at radius 3 is 2.40 bits per heavy atom. The highest BCUT2D eigenvalue weighted by atomic mass is 19.2. The molecule has 0 saturated carbocycles. The third-order valence-corrected chi connectivity index (χ3v) is 5.50. The summed E-state index contributed by atoms with van der Waals surface area (Å²) in [4.78, 5) is 27.5. The van der Waals surface area contributed by atoms with E-state index in [0.29, 0.717) is 51.5 Å². The van der Waals surface area contributed by atoms with E-state index in [4.69, 9.17) is 0 Å². The normalized spacial score (nSPS) is 20.2. The summed E-state index contributed by atoms with van der Waals surface area (Å²) in [5.74, 6) is -4.39. The Balaban J connectivity index is 1.72. The molecule has 0 radical (unpaired) electrons. The second-order valence-electron chi connectivity index (χ2n) is 6.92. The Bertz CT molecular complexity index is 700. The van der Waals surface area contributed by atoms with Crippen molar-refractivity contribution in [1.29, 1.82) is 0 Å². The van der Waals surface area contributed by atoms with Gasteiger partial charge in [-0.3, -0.25) is 9.59 Å². The molecule has 0 N–H and O–H groups in total. The van der Waals surface area contributed by atoms with E-state index < -0.39 is 28.9 Å². The van der Waals surface area contributed by atoms with E-state index in [2.05, 4.69) is 0 Å². The number of rotatable bonds is 2. The van der Waals surface area contributed by atoms with E-state index in [1.54, 1.807) is 0 Å². The summed E-state index contributed by atoms with van der Waals surface area (Å²) in [6, 6.07) is 1.44. The predicted octanol–water partition coefficient (Wildman–Crippen LogP) is 2.97. The number of halogens is 3. The fraction of sp³-hybridized carbons (Fsp3) is 0.556. The fourth-order valence-electron chi connectivity index (χ4n) is 3.86. The van der Waals surface area contributed by atoms with E-state index in [1.165, 1.54) is 4.90 Å². The molecule has 0 bridgehead atoms. The van der Waals surface area contributed by atoms with Crippen molar-refractivity contribution in [1.82, 2.24) is 9.80 Å². The number of benzene rings is 1. The number of hydrogen-bond donors (Lipinski definition) is 0. The first-order chi connectivity index (χ1) is 11.9. The summed E-state index contributed by atoms with van der Waals surface area (Å²) >= 11 is 0. The van der Waals surface area contributed by atoms with E-state index in [-0.39, 0.29) is 11.3 Å². The molecule has 2 heterocycles. The second kappa shape index (κ2) is 6.69. The van der Waals surface area contributed by atoms with Gasteiger partial charge < -0.3 is 9.80 Å². The number of carbonyl (C=O) groups is 2. The molecule has 2 saturated heterocycles. The first-order valence-electron chi connectivity index (χ1n) is 8.57. The zero-order valence-electron chi connectivity index (χ0n) is 14.2. The fourth-order valence-corrected chi connectivity index (χ4v) is 3.86. The SMILES string of the molecule is CCN1CC2(CCC1=O)CCN(C(=O)c1c(F)ccc(F)c1F)CC2. The topological polar surface area (TPSA) is 40.6 Å². The molecule has 1 aromatic carbocycles. The number of carbonyl (C=O) groups excluding carboxylic acids is 2. The molecule has 2 aliphatic rings. The summed E-state index contributed by atoms with van der Waals surface area (Å²) < 4.78 is 41.0. The average Bonchev–Trinajstić information content (AvgIpc) is 2.61. The Kier molecular flexibility index (Phi) is 4.75. The molecule has 136 valence electrons. The van der Waals surface area contributed by atoms with Crippen molar-refractivity contribution in [2.24, 2.45) is 5.41 Å². The smallest absolute Gasteiger partial charge is 0.259 e. The lowest BCUT2D eigenvalue weighted by molar-refractivity contribution is -0.138. The molecule has 4 nitrogen and oxygen atoms in total. The molecular formula is C18H21F3N2O2. The van der Waals surface area contributed by atoms with Crippen molar-refractivity contribution in [3.8, 4) is 0 Å². The van der Waals surface area contributed by atoms with Crippen molar-refractivity contribution in [2.45, 2.75) is 32.6 Å². The van der Waals surface area contributed by atoms with Crippen LogP contribution < -0.4 is 0 Å². The largest absolute Gasteiger partial charge is 0.342 e. The van der Waals surface area contributed by atoms with E-state index in [0.717, 1.165) is 12.5 Å². The summed E-state index contributed by atoms with van der Waals surface area (Å²) in [5.41, 5.74) is -0.871. The highest BCUT2D eigenvalue weighted by molar-refractivity contribution is 5.94. The van der Waals surface area contributed by atoms with Gasteiger partial charge >= 0.3 is 0 Å². The van der Waals surface area contributed by atoms with Gasteiger partial charge in [-0.1, -0.05) is 0 Å². The molecular weight excluding hydrogens is 333 g/mol. The molecule has 0 aromatic heterocycles. The lowest BCUT2D eigenvalue weighted by Gasteiger charge is -2.47. The summed E-state index contributed by atoms with van der Waals surface area (Å²) in [6.07, 6.45) is 2.60. The first-order valence-corrected chi connectivity index (χ1v) is 8.57. The second-order valence-corrected chi connectivity index (χ2v) is 6.92. The van der Waals surface area contributed by atoms with Gasteiger partial charge in [0.2, 0.25) is 5.91 Å². The summed E-state index contributed by atoms with van der Waals surface area (Å²) in [7, 11) is 0. The zero-order chi connectivity index (χ0) is 18.2. The lowest BCUT2D eigenvalue weighted by Crippen LogP contribution is -2.52. The third-order valence-electron chi connectivity index (χ3n) is 5.50. The Hall–Kier alpha value is -2.05. The minimum atomic E-state index is -1.44. The van der Waals surface area contributed by atoms with E-state index >= 15 is 0 Å². The molecule has 25 heavy (non-hydrogen) atoms. The lowest BCUT2D eigenvalue weighted by atomic mass is 9.72. The van der Waals surface area contributed by atoms with Crippen LogP contribution in [0.5, 0.6) is 0 Å². The molecule has 2 aliphatic heterocycles. The standard InChI is InChI=1S/C18H21F3N2O2/c1-2-22-11-18(6-5-14(22)24)7-9-23(10-8-18)17(25)15-12(19)3-4-13(20)16(15)21/h3-4H,2,5-11H2,1H3. The number of likely N-dealkylation sites (tertiary alicyclic amines) is 2. The summed E-state index contributed by atoms with van der Waals surface area (Å²) in [6.45, 7) is 3.95. The van der Waals surface area contributed by atoms with Crippen molar-refractivity contribution < 1.29 is 22.8 Å². The van der Waals surface area contributed by atoms with Crippen LogP contribution in [0.1, 0.15) is 43.0 Å². The molecule has 7 heteroatoms. The zero-order valence-corrected chi connectivity index (χ0v) is 14.2. The van der Waals surface area contributed by atoms with Crippen LogP contribution in [0.2, 0.25) is 0 Å². The average molecular weight is 354 g/mol. The minimum absolute atomic E-state index is 0.0419. The Morgan fingerprint density at radius 2 is 1.76 bits per heavy atom. The van der Waals surface area contributed by atoms with Crippen LogP contribution in [0, 0.1) is 22.9 Å². The van der Waals surface area contributed by atoms with Gasteiger partial charge in [0.15, 0.2) is 11.6 Å². The monoisotopic (exact) mass is 354 g/mol. The van der Waals surface area contributed by atoms with Gasteiger partial charge in [-0.05, 0) is 43.7 Å². The van der Waals surface area contributed by atoms with Gasteiger partial charge in [-0.2, -0.15) is 0 Å². The van der Waals surface area contributed by atoms with Crippen molar-refractivity contribution >= 4 is 11.8 Å². The van der Waals surface area contributed by atoms with Gasteiger partial charge in [0.1, 0.15) is 11.4 Å². The molecule has 0 aliphatic carbocycles. The number of amides is 2. The number of hydrogen-bond acceptors (Lipinski definition) is 2. The van der Waals surface area contributed by atoms with Crippen molar-refractivity contribution in [2.75, 3.05) is 26.2 Å². The molecule has 1 spiro atoms. The van der Waals surface area contributed by atoms with Crippen LogP contribution >= 0.6 is 0 Å². The van der Waals surface area contributed by atoms with Crippen LogP contribution in [0.15, 0.2) is 12.1 Å². The number of nitrogens with zero attached hydrogens (tertiary/aromatic N) is 2. The van der Waals surface area contributed by atoms with Crippen LogP contribution in [0.25, 0.3) is 0 Å². The third kappa shape index (κ3) is 3.24.